The molecule has 0 amide bonds. The van der Waals surface area contributed by atoms with E-state index in [2.05, 4.69) is 20.1 Å². The summed E-state index contributed by atoms with van der Waals surface area (Å²) in [5, 5.41) is 8.05. The average Bonchev–Trinajstić information content (AvgIpc) is 3.68. The molecule has 21 heteroatoms. The largest absolute Gasteiger partial charge is 0.467 e. The van der Waals surface area contributed by atoms with Gasteiger partial charge < -0.3 is 56.8 Å². The summed E-state index contributed by atoms with van der Waals surface area (Å²) in [5.74, 6) is -2.44. The molecule has 6 unspecified atom stereocenters. The molecule has 0 spiro atoms. The molecule has 346 valence electrons. The van der Waals surface area contributed by atoms with E-state index >= 15 is 0 Å². The highest BCUT2D eigenvalue weighted by atomic mass is 16.8. The molecule has 0 radical (unpaired) electrons. The Morgan fingerprint density at radius 1 is 0.672 bits per heavy atom. The third-order valence-electron chi connectivity index (χ3n) is 11.0. The van der Waals surface area contributed by atoms with Crippen molar-refractivity contribution in [2.24, 2.45) is 16.1 Å². The molecule has 0 aromatic rings. The monoisotopic (exact) mass is 870 g/mol. The predicted molar refractivity (Wildman–Crippen MR) is 214 cm³/mol. The number of rotatable bonds is 26. The van der Waals surface area contributed by atoms with Crippen molar-refractivity contribution in [1.82, 2.24) is 0 Å². The van der Waals surface area contributed by atoms with Gasteiger partial charge in [-0.2, -0.15) is 0 Å². The predicted octanol–water partition coefficient (Wildman–Crippen LogP) is 5.39. The Labute approximate surface area is 357 Å². The number of methoxy groups -OCH3 is 1. The summed E-state index contributed by atoms with van der Waals surface area (Å²) in [6, 6.07) is -2.09. The van der Waals surface area contributed by atoms with Gasteiger partial charge in [-0.15, -0.1) is 0 Å². The summed E-state index contributed by atoms with van der Waals surface area (Å²) < 4.78 is 74.5. The van der Waals surface area contributed by atoms with E-state index in [4.69, 9.17) is 56.8 Å². The van der Waals surface area contributed by atoms with Gasteiger partial charge in [-0.3, -0.25) is 9.59 Å². The van der Waals surface area contributed by atoms with Crippen LogP contribution in [-0.2, 0) is 71.2 Å². The number of azide groups is 2. The van der Waals surface area contributed by atoms with Crippen molar-refractivity contribution >= 4 is 17.9 Å². The maximum Gasteiger partial charge on any atom is 0.337 e. The van der Waals surface area contributed by atoms with E-state index in [0.29, 0.717) is 26.1 Å². The van der Waals surface area contributed by atoms with Crippen LogP contribution in [0.5, 0.6) is 0 Å². The van der Waals surface area contributed by atoms with Gasteiger partial charge in [-0.25, -0.2) is 4.79 Å². The second-order valence-corrected chi connectivity index (χ2v) is 15.6. The first kappa shape index (κ1) is 50.3. The van der Waals surface area contributed by atoms with Gasteiger partial charge in [0.2, 0.25) is 0 Å². The number of fused-ring (bicyclic) bond motifs is 2. The zero-order valence-electron chi connectivity index (χ0n) is 36.6. The Morgan fingerprint density at radius 2 is 1.25 bits per heavy atom. The third-order valence-corrected chi connectivity index (χ3v) is 11.0. The van der Waals surface area contributed by atoms with Gasteiger partial charge in [0.25, 0.3) is 0 Å². The second-order valence-electron chi connectivity index (χ2n) is 15.6. The normalized spacial score (nSPS) is 34.4. The summed E-state index contributed by atoms with van der Waals surface area (Å²) in [5.41, 5.74) is 19.4. The van der Waals surface area contributed by atoms with Crippen LogP contribution >= 0.6 is 0 Å². The molecule has 21 nitrogen and oxygen atoms in total. The van der Waals surface area contributed by atoms with E-state index < -0.39 is 110 Å². The van der Waals surface area contributed by atoms with E-state index in [1.807, 2.05) is 27.7 Å². The van der Waals surface area contributed by atoms with Crippen LogP contribution in [0, 0.1) is 5.92 Å². The van der Waals surface area contributed by atoms with E-state index in [1.54, 1.807) is 0 Å². The summed E-state index contributed by atoms with van der Waals surface area (Å²) >= 11 is 0. The quantitative estimate of drug-likeness (QED) is 0.0263. The van der Waals surface area contributed by atoms with Crippen LogP contribution in [0.15, 0.2) is 10.2 Å². The molecule has 1 aliphatic carbocycles. The fourth-order valence-electron chi connectivity index (χ4n) is 7.97. The van der Waals surface area contributed by atoms with Crippen molar-refractivity contribution in [3.63, 3.8) is 0 Å². The Hall–Kier alpha value is -3.33. The maximum absolute atomic E-state index is 13.9. The van der Waals surface area contributed by atoms with Gasteiger partial charge in [0, 0.05) is 56.0 Å². The molecule has 3 aliphatic heterocycles. The fourth-order valence-corrected chi connectivity index (χ4v) is 7.97. The lowest BCUT2D eigenvalue weighted by Crippen LogP contribution is -2.67. The highest BCUT2D eigenvalue weighted by Gasteiger charge is 2.59. The Kier molecular flexibility index (Phi) is 21.7. The number of esters is 3. The average molecular weight is 871 g/mol. The van der Waals surface area contributed by atoms with Crippen LogP contribution in [0.2, 0.25) is 0 Å². The van der Waals surface area contributed by atoms with Crippen molar-refractivity contribution < 1.29 is 71.2 Å². The minimum Gasteiger partial charge on any atom is -0.467 e. The van der Waals surface area contributed by atoms with Crippen LogP contribution in [0.1, 0.15) is 99.3 Å². The topological polar surface area (TPSA) is 259 Å². The van der Waals surface area contributed by atoms with Crippen molar-refractivity contribution in [3.05, 3.63) is 20.9 Å². The number of ether oxygens (including phenoxy) is 12. The van der Waals surface area contributed by atoms with Crippen molar-refractivity contribution in [1.29, 1.82) is 0 Å². The van der Waals surface area contributed by atoms with Crippen LogP contribution in [-0.4, -0.2) is 150 Å². The van der Waals surface area contributed by atoms with Crippen molar-refractivity contribution in [2.45, 2.75) is 185 Å². The van der Waals surface area contributed by atoms with Gasteiger partial charge in [-0.05, 0) is 43.2 Å². The number of carbonyl (C=O) groups is 3. The van der Waals surface area contributed by atoms with Crippen molar-refractivity contribution in [2.75, 3.05) is 46.8 Å². The molecule has 3 saturated heterocycles. The molecule has 15 atom stereocenters. The molecule has 4 rings (SSSR count). The second kappa shape index (κ2) is 26.3. The van der Waals surface area contributed by atoms with E-state index in [-0.39, 0.29) is 32.8 Å². The van der Waals surface area contributed by atoms with Gasteiger partial charge in [0.05, 0.1) is 44.7 Å². The molecule has 4 aliphatic rings. The molecule has 2 bridgehead atoms. The Morgan fingerprint density at radius 3 is 1.80 bits per heavy atom. The lowest BCUT2D eigenvalue weighted by atomic mass is 9.79. The number of carbonyl (C=O) groups excluding carboxylic acids is 3. The lowest BCUT2D eigenvalue weighted by molar-refractivity contribution is -0.345. The first-order valence-corrected chi connectivity index (χ1v) is 21.7. The van der Waals surface area contributed by atoms with Crippen LogP contribution in [0.3, 0.4) is 0 Å². The number of hydrogen-bond acceptors (Lipinski definition) is 17. The van der Waals surface area contributed by atoms with E-state index in [1.165, 1.54) is 21.0 Å². The number of hydrogen-bond donors (Lipinski definition) is 0. The van der Waals surface area contributed by atoms with Crippen LogP contribution in [0.25, 0.3) is 20.9 Å². The minimum absolute atomic E-state index is 0.0167. The summed E-state index contributed by atoms with van der Waals surface area (Å²) in [6.45, 7) is 11.8. The first-order chi connectivity index (χ1) is 29.6. The number of nitrogens with zero attached hydrogens (tertiary/aromatic N) is 6. The van der Waals surface area contributed by atoms with Gasteiger partial charge in [0.1, 0.15) is 42.7 Å². The molecule has 61 heavy (non-hydrogen) atoms. The standard InChI is InChI=1S/C40H66N6O15/c1-8-12-16-51-30-25(21-55-23(5)47)20-26(28(43-45-41)32(30)52-17-13-9-2)58-35-34(53-18-14-10-3)37(54-19-15-11-4)40(61-36(35)38(49)50-7)60-31-27-22-56-39(59-27)29(44-46-42)33(31)57-24(6)48/h25-37,39-40H,8-22H2,1-7H3/t25?,26-,27+,28?,29-,30+,31?,32+,33-,34?,35-,36?,37-,39?,40+/m0/s1. The smallest absolute Gasteiger partial charge is 0.337 e. The van der Waals surface area contributed by atoms with E-state index in [9.17, 15) is 25.4 Å². The maximum atomic E-state index is 13.9. The van der Waals surface area contributed by atoms with Crippen molar-refractivity contribution in [3.8, 4) is 0 Å². The molecule has 0 aromatic carbocycles. The van der Waals surface area contributed by atoms with E-state index in [0.717, 1.165) is 38.5 Å². The molecule has 0 aromatic heterocycles. The zero-order chi connectivity index (χ0) is 44.3. The molecule has 1 saturated carbocycles. The van der Waals surface area contributed by atoms with Crippen LogP contribution in [0.4, 0.5) is 0 Å². The van der Waals surface area contributed by atoms with Gasteiger partial charge in [0.15, 0.2) is 18.7 Å². The number of unbranched alkanes of at least 4 members (excludes halogenated alkanes) is 4. The Balaban J connectivity index is 1.81. The summed E-state index contributed by atoms with van der Waals surface area (Å²) in [7, 11) is 1.20. The molecule has 4 fully saturated rings. The third kappa shape index (κ3) is 13.8. The molecular formula is C40H66N6O15. The SMILES string of the molecule is CCCCOC1[C@H](O[C@H]2CC(COC(C)=O)[C@@H](OCCCC)[C@H](OCCCC)C2N=[N+]=[N-])C(C(=O)OC)O[C@@H](OC2[C@@H](OC(C)=O)[C@H](N=[N+]=[N-])C3OC[C@H]2O3)[C@H]1OCCCC. The highest BCUT2D eigenvalue weighted by Crippen LogP contribution is 2.41. The highest BCUT2D eigenvalue weighted by molar-refractivity contribution is 5.75. The minimum atomic E-state index is -1.51. The zero-order valence-corrected chi connectivity index (χ0v) is 36.6. The Bertz CT molecular complexity index is 1470. The summed E-state index contributed by atoms with van der Waals surface area (Å²) in [4.78, 5) is 44.6. The molecular weight excluding hydrogens is 804 g/mol. The van der Waals surface area contributed by atoms with Gasteiger partial charge in [-0.1, -0.05) is 63.6 Å². The lowest BCUT2D eigenvalue weighted by Gasteiger charge is -2.50. The van der Waals surface area contributed by atoms with Crippen LogP contribution < -0.4 is 0 Å². The fraction of sp³-hybridized carbons (Fsp3) is 0.925. The first-order valence-electron chi connectivity index (χ1n) is 21.7. The van der Waals surface area contributed by atoms with Gasteiger partial charge >= 0.3 is 17.9 Å². The summed E-state index contributed by atoms with van der Waals surface area (Å²) in [6.07, 6.45) is -6.55. The molecule has 0 N–H and O–H groups in total. The molecule has 3 heterocycles.